The van der Waals surface area contributed by atoms with Crippen LogP contribution in [0.2, 0.25) is 10.0 Å². The fourth-order valence-electron chi connectivity index (χ4n) is 3.38. The molecule has 0 spiro atoms. The first kappa shape index (κ1) is 21.0. The molecule has 2 aromatic carbocycles. The first-order valence-corrected chi connectivity index (χ1v) is 11.3. The molecule has 0 aromatic heterocycles. The minimum atomic E-state index is -3.59. The third kappa shape index (κ3) is 4.29. The van der Waals surface area contributed by atoms with Gasteiger partial charge in [0.05, 0.1) is 33.8 Å². The predicted molar refractivity (Wildman–Crippen MR) is 110 cm³/mol. The number of sulfone groups is 1. The molecule has 0 saturated heterocycles. The van der Waals surface area contributed by atoms with Crippen LogP contribution < -0.4 is 10.1 Å². The molecule has 1 aliphatic rings. The van der Waals surface area contributed by atoms with E-state index in [0.29, 0.717) is 22.2 Å². The molecule has 0 fully saturated rings. The van der Waals surface area contributed by atoms with Crippen molar-refractivity contribution in [1.29, 1.82) is 0 Å². The van der Waals surface area contributed by atoms with Gasteiger partial charge in [0.15, 0.2) is 9.84 Å². The number of carbonyl (C=O) groups excluding carboxylic acids is 1. The summed E-state index contributed by atoms with van der Waals surface area (Å²) >= 11 is 12.3. The van der Waals surface area contributed by atoms with Crippen LogP contribution in [-0.2, 0) is 21.1 Å². The van der Waals surface area contributed by atoms with Gasteiger partial charge >= 0.3 is 0 Å². The van der Waals surface area contributed by atoms with E-state index in [1.54, 1.807) is 25.1 Å². The largest absolute Gasteiger partial charge is 0.497 e. The molecule has 150 valence electrons. The van der Waals surface area contributed by atoms with Gasteiger partial charge in [-0.05, 0) is 54.3 Å². The van der Waals surface area contributed by atoms with Crippen LogP contribution in [-0.4, -0.2) is 27.2 Å². The molecule has 1 N–H and O–H groups in total. The van der Waals surface area contributed by atoms with Crippen molar-refractivity contribution in [3.05, 3.63) is 57.6 Å². The lowest BCUT2D eigenvalue weighted by Crippen LogP contribution is -2.35. The molecule has 0 saturated carbocycles. The number of rotatable bonds is 6. The molecular weight excluding hydrogens is 421 g/mol. The van der Waals surface area contributed by atoms with Crippen LogP contribution in [0.15, 0.2) is 41.3 Å². The fraction of sp³-hybridized carbons (Fsp3) is 0.350. The van der Waals surface area contributed by atoms with Gasteiger partial charge in [-0.2, -0.15) is 0 Å². The zero-order valence-corrected chi connectivity index (χ0v) is 17.9. The number of ether oxygens (including phenoxy) is 1. The zero-order valence-electron chi connectivity index (χ0n) is 15.5. The summed E-state index contributed by atoms with van der Waals surface area (Å²) in [6.07, 6.45) is 1.43. The van der Waals surface area contributed by atoms with Crippen molar-refractivity contribution in [1.82, 2.24) is 5.32 Å². The second-order valence-electron chi connectivity index (χ2n) is 6.89. The smallest absolute Gasteiger partial charge is 0.224 e. The Morgan fingerprint density at radius 3 is 2.54 bits per heavy atom. The number of methoxy groups -OCH3 is 1. The second kappa shape index (κ2) is 8.31. The van der Waals surface area contributed by atoms with E-state index in [1.807, 2.05) is 6.07 Å². The highest BCUT2D eigenvalue weighted by molar-refractivity contribution is 7.91. The third-order valence-electron chi connectivity index (χ3n) is 4.94. The number of amides is 1. The molecule has 1 aliphatic carbocycles. The van der Waals surface area contributed by atoms with Crippen molar-refractivity contribution in [2.24, 2.45) is 5.92 Å². The van der Waals surface area contributed by atoms with Crippen molar-refractivity contribution < 1.29 is 17.9 Å². The molecule has 8 heteroatoms. The monoisotopic (exact) mass is 441 g/mol. The Hall–Kier alpha value is -1.76. The van der Waals surface area contributed by atoms with Crippen LogP contribution >= 0.6 is 23.2 Å². The summed E-state index contributed by atoms with van der Waals surface area (Å²) in [4.78, 5) is 12.8. The topological polar surface area (TPSA) is 72.5 Å². The summed E-state index contributed by atoms with van der Waals surface area (Å²) in [7, 11) is -2.08. The Bertz CT molecular complexity index is 990. The SMILES string of the molecule is COc1ccc(S(=O)(=O)CC(C)C(=O)NC2CCc3c2ccc(Cl)c3Cl)cc1. The molecule has 0 heterocycles. The van der Waals surface area contributed by atoms with Crippen LogP contribution in [0.3, 0.4) is 0 Å². The molecule has 1 amide bonds. The van der Waals surface area contributed by atoms with Crippen LogP contribution in [0.25, 0.3) is 0 Å². The number of carbonyl (C=O) groups is 1. The number of hydrogen-bond acceptors (Lipinski definition) is 4. The van der Waals surface area contributed by atoms with Gasteiger partial charge in [0.2, 0.25) is 5.91 Å². The Kier molecular flexibility index (Phi) is 6.22. The maximum Gasteiger partial charge on any atom is 0.224 e. The number of benzene rings is 2. The van der Waals surface area contributed by atoms with Gasteiger partial charge in [-0.3, -0.25) is 4.79 Å². The maximum absolute atomic E-state index is 12.6. The molecule has 5 nitrogen and oxygen atoms in total. The van der Waals surface area contributed by atoms with Crippen LogP contribution in [0, 0.1) is 5.92 Å². The molecule has 0 bridgehead atoms. The van der Waals surface area contributed by atoms with Crippen molar-refractivity contribution >= 4 is 38.9 Å². The number of nitrogens with one attached hydrogen (secondary N) is 1. The summed E-state index contributed by atoms with van der Waals surface area (Å²) in [5.41, 5.74) is 1.88. The van der Waals surface area contributed by atoms with E-state index in [0.717, 1.165) is 17.5 Å². The van der Waals surface area contributed by atoms with E-state index in [2.05, 4.69) is 5.32 Å². The minimum absolute atomic E-state index is 0.167. The molecule has 2 aromatic rings. The van der Waals surface area contributed by atoms with Gasteiger partial charge in [0, 0.05) is 5.92 Å². The first-order valence-electron chi connectivity index (χ1n) is 8.87. The van der Waals surface area contributed by atoms with Crippen molar-refractivity contribution in [2.45, 2.75) is 30.7 Å². The van der Waals surface area contributed by atoms with Crippen molar-refractivity contribution in [3.63, 3.8) is 0 Å². The lowest BCUT2D eigenvalue weighted by atomic mass is 10.1. The van der Waals surface area contributed by atoms with Gasteiger partial charge in [-0.25, -0.2) is 8.42 Å². The number of fused-ring (bicyclic) bond motifs is 1. The minimum Gasteiger partial charge on any atom is -0.497 e. The fourth-order valence-corrected chi connectivity index (χ4v) is 5.38. The lowest BCUT2D eigenvalue weighted by molar-refractivity contribution is -0.124. The second-order valence-corrected chi connectivity index (χ2v) is 9.71. The summed E-state index contributed by atoms with van der Waals surface area (Å²) in [5.74, 6) is -0.699. The molecule has 2 atom stereocenters. The highest BCUT2D eigenvalue weighted by Gasteiger charge is 2.30. The van der Waals surface area contributed by atoms with Gasteiger partial charge in [-0.1, -0.05) is 36.2 Å². The first-order chi connectivity index (χ1) is 13.2. The highest BCUT2D eigenvalue weighted by atomic mass is 35.5. The van der Waals surface area contributed by atoms with E-state index in [-0.39, 0.29) is 22.6 Å². The van der Waals surface area contributed by atoms with Crippen LogP contribution in [0.5, 0.6) is 5.75 Å². The highest BCUT2D eigenvalue weighted by Crippen LogP contribution is 2.39. The number of hydrogen-bond donors (Lipinski definition) is 1. The van der Waals surface area contributed by atoms with Gasteiger partial charge in [0.25, 0.3) is 0 Å². The summed E-state index contributed by atoms with van der Waals surface area (Å²) in [5, 5.41) is 3.96. The van der Waals surface area contributed by atoms with E-state index >= 15 is 0 Å². The van der Waals surface area contributed by atoms with E-state index in [4.69, 9.17) is 27.9 Å². The van der Waals surface area contributed by atoms with Gasteiger partial charge < -0.3 is 10.1 Å². The molecule has 0 aliphatic heterocycles. The zero-order chi connectivity index (χ0) is 20.5. The standard InChI is InChI=1S/C20H21Cl2NO4S/c1-12(11-28(25,26)14-5-3-13(27-2)4-6-14)20(24)23-18-10-8-16-15(18)7-9-17(21)19(16)22/h3-7,9,12,18H,8,10-11H2,1-2H3,(H,23,24). The summed E-state index contributed by atoms with van der Waals surface area (Å²) in [6.45, 7) is 1.61. The molecule has 3 rings (SSSR count). The van der Waals surface area contributed by atoms with Gasteiger partial charge in [0.1, 0.15) is 5.75 Å². The van der Waals surface area contributed by atoms with Crippen molar-refractivity contribution in [2.75, 3.05) is 12.9 Å². The van der Waals surface area contributed by atoms with E-state index in [1.165, 1.54) is 19.2 Å². The lowest BCUT2D eigenvalue weighted by Gasteiger charge is -2.18. The van der Waals surface area contributed by atoms with Gasteiger partial charge in [-0.15, -0.1) is 0 Å². The molecular formula is C20H21Cl2NO4S. The van der Waals surface area contributed by atoms with E-state index < -0.39 is 15.8 Å². The quantitative estimate of drug-likeness (QED) is 0.728. The third-order valence-corrected chi connectivity index (χ3v) is 7.72. The Morgan fingerprint density at radius 1 is 1.21 bits per heavy atom. The Balaban J connectivity index is 1.68. The maximum atomic E-state index is 12.6. The average molecular weight is 442 g/mol. The number of halogens is 2. The van der Waals surface area contributed by atoms with E-state index in [9.17, 15) is 13.2 Å². The van der Waals surface area contributed by atoms with Crippen LogP contribution in [0.4, 0.5) is 0 Å². The molecule has 0 radical (unpaired) electrons. The normalized spacial score (nSPS) is 17.1. The average Bonchev–Trinajstić information content (AvgIpc) is 3.07. The predicted octanol–water partition coefficient (Wildman–Crippen LogP) is 4.22. The molecule has 28 heavy (non-hydrogen) atoms. The molecule has 2 unspecified atom stereocenters. The van der Waals surface area contributed by atoms with Crippen LogP contribution in [0.1, 0.15) is 30.5 Å². The van der Waals surface area contributed by atoms with Crippen molar-refractivity contribution in [3.8, 4) is 5.75 Å². The Morgan fingerprint density at radius 2 is 1.89 bits per heavy atom. The summed E-state index contributed by atoms with van der Waals surface area (Å²) < 4.78 is 30.3. The summed E-state index contributed by atoms with van der Waals surface area (Å²) in [6, 6.07) is 9.52. The Labute approximate surface area is 174 Å².